The molecule has 0 aliphatic heterocycles. The smallest absolute Gasteiger partial charge is 0.336 e. The summed E-state index contributed by atoms with van der Waals surface area (Å²) in [7, 11) is 0. The van der Waals surface area contributed by atoms with Crippen molar-refractivity contribution in [2.24, 2.45) is 0 Å². The van der Waals surface area contributed by atoms with E-state index in [4.69, 9.17) is 0 Å². The first-order chi connectivity index (χ1) is 17.2. The monoisotopic (exact) mass is 508 g/mol. The van der Waals surface area contributed by atoms with Crippen LogP contribution in [0.2, 0.25) is 0 Å². The summed E-state index contributed by atoms with van der Waals surface area (Å²) in [5.74, 6) is -2.20. The molecule has 36 heavy (non-hydrogen) atoms. The van der Waals surface area contributed by atoms with Crippen molar-refractivity contribution in [3.8, 4) is 10.6 Å². The quantitative estimate of drug-likeness (QED) is 0.154. The molecule has 0 saturated heterocycles. The highest BCUT2D eigenvalue weighted by Gasteiger charge is 2.25. The number of carbonyl (C=O) groups is 3. The van der Waals surface area contributed by atoms with Crippen LogP contribution in [0.25, 0.3) is 10.6 Å². The lowest BCUT2D eigenvalue weighted by Crippen LogP contribution is -2.26. The van der Waals surface area contributed by atoms with Gasteiger partial charge in [-0.25, -0.2) is 14.8 Å². The molecule has 0 bridgehead atoms. The van der Waals surface area contributed by atoms with E-state index in [2.05, 4.69) is 20.0 Å². The maximum absolute atomic E-state index is 12.8. The predicted molar refractivity (Wildman–Crippen MR) is 129 cm³/mol. The third-order valence-corrected chi connectivity index (χ3v) is 6.39. The number of hydrogen-bond acceptors (Lipinski definition) is 10. The minimum absolute atomic E-state index is 0.00598. The highest BCUT2D eigenvalue weighted by molar-refractivity contribution is 7.19. The summed E-state index contributed by atoms with van der Waals surface area (Å²) in [6, 6.07) is 11.8. The van der Waals surface area contributed by atoms with E-state index in [1.165, 1.54) is 49.6 Å². The molecule has 4 N–H and O–H groups in total. The molecule has 1 atom stereocenters. The summed E-state index contributed by atoms with van der Waals surface area (Å²) in [6.07, 6.45) is -0.418. The molecule has 2 heterocycles. The Hall–Kier alpha value is -4.39. The molecule has 0 aliphatic rings. The molecule has 184 valence electrons. The highest BCUT2D eigenvalue weighted by atomic mass is 32.1. The number of thiazole rings is 1. The number of benzene rings is 2. The van der Waals surface area contributed by atoms with Gasteiger partial charge in [-0.3, -0.25) is 14.8 Å². The molecular formula is C24H20N4O7S. The van der Waals surface area contributed by atoms with Crippen LogP contribution in [0.5, 0.6) is 0 Å². The first kappa shape index (κ1) is 24.7. The molecule has 11 nitrogen and oxygen atoms in total. The van der Waals surface area contributed by atoms with Crippen molar-refractivity contribution in [1.82, 2.24) is 10.1 Å². The van der Waals surface area contributed by atoms with Gasteiger partial charge in [0.2, 0.25) is 0 Å². The second-order valence-electron chi connectivity index (χ2n) is 7.67. The summed E-state index contributed by atoms with van der Waals surface area (Å²) < 4.78 is 4.69. The second kappa shape index (κ2) is 10.1. The van der Waals surface area contributed by atoms with Gasteiger partial charge in [-0.2, -0.15) is 0 Å². The van der Waals surface area contributed by atoms with Crippen LogP contribution in [-0.4, -0.2) is 43.2 Å². The number of hydrogen-bond donors (Lipinski definition) is 4. The van der Waals surface area contributed by atoms with Crippen molar-refractivity contribution in [2.75, 3.05) is 10.4 Å². The average Bonchev–Trinajstić information content (AvgIpc) is 3.53. The Labute approximate surface area is 208 Å². The Morgan fingerprint density at radius 2 is 1.81 bits per heavy atom. The first-order valence-corrected chi connectivity index (χ1v) is 11.3. The topological polar surface area (TPSA) is 166 Å². The maximum Gasteiger partial charge on any atom is 0.336 e. The van der Waals surface area contributed by atoms with Crippen LogP contribution in [0.4, 0.5) is 10.8 Å². The van der Waals surface area contributed by atoms with Crippen molar-refractivity contribution in [2.45, 2.75) is 20.1 Å². The van der Waals surface area contributed by atoms with Gasteiger partial charge in [0.05, 0.1) is 16.8 Å². The molecule has 0 saturated carbocycles. The van der Waals surface area contributed by atoms with Crippen LogP contribution in [0.15, 0.2) is 59.3 Å². The van der Waals surface area contributed by atoms with Crippen LogP contribution in [-0.2, 0) is 0 Å². The number of rotatable bonds is 8. The number of aromatic nitrogens is 2. The van der Waals surface area contributed by atoms with Crippen molar-refractivity contribution >= 4 is 39.8 Å². The molecule has 2 aromatic carbocycles. The van der Waals surface area contributed by atoms with Gasteiger partial charge in [-0.05, 0) is 32.0 Å². The molecule has 0 fully saturated rings. The number of Topliss-reactive ketones (excluding diaryl/α,β-unsaturated/α-hetero) is 1. The standard InChI is InChI=1S/C24H20N4O7S/c1-12-21(26-20(30)16-5-3-4-6-17(16)24(32)33)36-22(25-12)14-7-8-15(13(2)29)18(11-14)23(31)28(34)19-9-10-35-27-19/h3-11,23,31,34H,1-2H3,(H,26,30)(H,32,33). The largest absolute Gasteiger partial charge is 0.478 e. The lowest BCUT2D eigenvalue weighted by molar-refractivity contribution is 0.0619. The van der Waals surface area contributed by atoms with E-state index in [0.717, 1.165) is 11.3 Å². The molecule has 12 heteroatoms. The van der Waals surface area contributed by atoms with E-state index >= 15 is 0 Å². The zero-order valence-corrected chi connectivity index (χ0v) is 19.8. The summed E-state index contributed by atoms with van der Waals surface area (Å²) in [5.41, 5.74) is 1.17. The number of aliphatic hydroxyl groups excluding tert-OH is 1. The summed E-state index contributed by atoms with van der Waals surface area (Å²) in [5, 5.41) is 38.1. The molecular weight excluding hydrogens is 488 g/mol. The number of aryl methyl sites for hydroxylation is 1. The Kier molecular flexibility index (Phi) is 6.92. The number of hydroxylamine groups is 1. The SMILES string of the molecule is CC(=O)c1ccc(-c2nc(C)c(NC(=O)c3ccccc3C(=O)O)s2)cc1C(O)N(O)c1ccon1. The van der Waals surface area contributed by atoms with E-state index in [0.29, 0.717) is 26.3 Å². The fraction of sp³-hybridized carbons (Fsp3) is 0.125. The molecule has 1 amide bonds. The average molecular weight is 509 g/mol. The first-order valence-electron chi connectivity index (χ1n) is 10.5. The number of ketones is 1. The van der Waals surface area contributed by atoms with Gasteiger partial charge < -0.3 is 20.1 Å². The number of nitrogens with one attached hydrogen (secondary N) is 1. The summed E-state index contributed by atoms with van der Waals surface area (Å²) >= 11 is 1.13. The van der Waals surface area contributed by atoms with Gasteiger partial charge in [0, 0.05) is 22.8 Å². The normalized spacial score (nSPS) is 11.7. The number of aromatic carboxylic acids is 1. The zero-order chi connectivity index (χ0) is 26.0. The van der Waals surface area contributed by atoms with E-state index < -0.39 is 18.1 Å². The van der Waals surface area contributed by atoms with Crippen molar-refractivity contribution in [1.29, 1.82) is 0 Å². The van der Waals surface area contributed by atoms with E-state index in [-0.39, 0.29) is 33.9 Å². The molecule has 0 radical (unpaired) electrons. The number of amides is 1. The van der Waals surface area contributed by atoms with Gasteiger partial charge in [0.25, 0.3) is 5.91 Å². The van der Waals surface area contributed by atoms with Gasteiger partial charge >= 0.3 is 5.97 Å². The molecule has 0 spiro atoms. The number of carboxylic acids is 1. The Morgan fingerprint density at radius 1 is 1.08 bits per heavy atom. The lowest BCUT2D eigenvalue weighted by Gasteiger charge is -2.22. The van der Waals surface area contributed by atoms with E-state index in [9.17, 15) is 29.8 Å². The van der Waals surface area contributed by atoms with Crippen LogP contribution in [0.1, 0.15) is 55.5 Å². The third-order valence-electron chi connectivity index (χ3n) is 5.27. The molecule has 4 rings (SSSR count). The molecule has 1 unspecified atom stereocenters. The minimum Gasteiger partial charge on any atom is -0.478 e. The van der Waals surface area contributed by atoms with Gasteiger partial charge in [-0.15, -0.1) is 0 Å². The zero-order valence-electron chi connectivity index (χ0n) is 19.0. The van der Waals surface area contributed by atoms with E-state index in [1.54, 1.807) is 19.1 Å². The van der Waals surface area contributed by atoms with Crippen molar-refractivity contribution < 1.29 is 34.3 Å². The van der Waals surface area contributed by atoms with Gasteiger partial charge in [-0.1, -0.05) is 40.8 Å². The van der Waals surface area contributed by atoms with Crippen LogP contribution in [0.3, 0.4) is 0 Å². The Balaban J connectivity index is 1.66. The van der Waals surface area contributed by atoms with Crippen molar-refractivity contribution in [3.05, 3.63) is 82.7 Å². The maximum atomic E-state index is 12.8. The minimum atomic E-state index is -1.64. The van der Waals surface area contributed by atoms with Gasteiger partial charge in [0.1, 0.15) is 16.3 Å². The van der Waals surface area contributed by atoms with Gasteiger partial charge in [0.15, 0.2) is 17.8 Å². The Morgan fingerprint density at radius 3 is 2.44 bits per heavy atom. The predicted octanol–water partition coefficient (Wildman–Crippen LogP) is 4.15. The van der Waals surface area contributed by atoms with Crippen molar-refractivity contribution in [3.63, 3.8) is 0 Å². The lowest BCUT2D eigenvalue weighted by atomic mass is 10.00. The summed E-state index contributed by atoms with van der Waals surface area (Å²) in [4.78, 5) is 40.9. The van der Waals surface area contributed by atoms with Crippen LogP contribution in [0, 0.1) is 6.92 Å². The van der Waals surface area contributed by atoms with Crippen LogP contribution < -0.4 is 10.4 Å². The number of carbonyl (C=O) groups excluding carboxylic acids is 2. The highest BCUT2D eigenvalue weighted by Crippen LogP contribution is 2.35. The second-order valence-corrected chi connectivity index (χ2v) is 8.67. The van der Waals surface area contributed by atoms with Crippen LogP contribution >= 0.6 is 11.3 Å². The molecule has 0 aliphatic carbocycles. The molecule has 2 aromatic heterocycles. The fourth-order valence-electron chi connectivity index (χ4n) is 3.49. The third kappa shape index (κ3) is 4.86. The number of nitrogens with zero attached hydrogens (tertiary/aromatic N) is 3. The number of carboxylic acid groups (broad SMARTS) is 1. The molecule has 4 aromatic rings. The summed E-state index contributed by atoms with van der Waals surface area (Å²) in [6.45, 7) is 3.01. The van der Waals surface area contributed by atoms with E-state index in [1.807, 2.05) is 0 Å². The Bertz CT molecular complexity index is 1450. The number of aliphatic hydroxyl groups is 1. The fourth-order valence-corrected chi connectivity index (χ4v) is 4.44. The number of anilines is 2.